The molecule has 1 aromatic rings. The van der Waals surface area contributed by atoms with Crippen molar-refractivity contribution in [2.45, 2.75) is 24.9 Å². The van der Waals surface area contributed by atoms with Crippen LogP contribution < -0.4 is 20.5 Å². The molecule has 0 heterocycles. The van der Waals surface area contributed by atoms with E-state index >= 15 is 0 Å². The van der Waals surface area contributed by atoms with Gasteiger partial charge in [0, 0.05) is 6.54 Å². The van der Waals surface area contributed by atoms with E-state index in [9.17, 15) is 4.79 Å². The molecule has 0 spiro atoms. The van der Waals surface area contributed by atoms with Gasteiger partial charge in [-0.05, 0) is 46.5 Å². The Morgan fingerprint density at radius 2 is 2.05 bits per heavy atom. The Morgan fingerprint density at radius 1 is 1.40 bits per heavy atom. The fourth-order valence-electron chi connectivity index (χ4n) is 1.79. The summed E-state index contributed by atoms with van der Waals surface area (Å²) in [4.78, 5) is 11.8. The number of nitrogens with one attached hydrogen (secondary N) is 1. The molecule has 0 aliphatic heterocycles. The van der Waals surface area contributed by atoms with Crippen molar-refractivity contribution in [3.05, 3.63) is 22.2 Å². The number of nitrogens with two attached hydrogens (primary N) is 1. The van der Waals surface area contributed by atoms with Gasteiger partial charge >= 0.3 is 0 Å². The number of halogens is 2. The predicted molar refractivity (Wildman–Crippen MR) is 82.5 cm³/mol. The van der Waals surface area contributed by atoms with Crippen molar-refractivity contribution in [1.29, 1.82) is 0 Å². The van der Waals surface area contributed by atoms with Gasteiger partial charge in [0.2, 0.25) is 5.91 Å². The zero-order valence-electron chi connectivity index (χ0n) is 11.4. The van der Waals surface area contributed by atoms with Gasteiger partial charge in [0.25, 0.3) is 0 Å². The number of rotatable bonds is 5. The molecular weight excluding hydrogens is 348 g/mol. The van der Waals surface area contributed by atoms with E-state index in [1.165, 1.54) is 0 Å². The van der Waals surface area contributed by atoms with Crippen LogP contribution in [0.5, 0.6) is 11.5 Å². The van der Waals surface area contributed by atoms with Gasteiger partial charge in [-0.1, -0.05) is 0 Å². The third-order valence-electron chi connectivity index (χ3n) is 3.19. The average molecular weight is 366 g/mol. The molecule has 0 atom stereocenters. The fraction of sp³-hybridized carbons (Fsp3) is 0.462. The maximum absolute atomic E-state index is 11.8. The first-order valence-electron chi connectivity index (χ1n) is 5.98. The van der Waals surface area contributed by atoms with Gasteiger partial charge in [-0.2, -0.15) is 0 Å². The lowest BCUT2D eigenvalue weighted by atomic mass is 10.2. The lowest BCUT2D eigenvalue weighted by Crippen LogP contribution is -2.42. The van der Waals surface area contributed by atoms with E-state index < -0.39 is 5.54 Å². The fourth-order valence-corrected chi connectivity index (χ4v) is 2.44. The summed E-state index contributed by atoms with van der Waals surface area (Å²) >= 11 is 3.42. The lowest BCUT2D eigenvalue weighted by Gasteiger charge is -2.14. The van der Waals surface area contributed by atoms with Crippen molar-refractivity contribution in [3.63, 3.8) is 0 Å². The van der Waals surface area contributed by atoms with Crippen LogP contribution in [-0.2, 0) is 11.3 Å². The molecule has 20 heavy (non-hydrogen) atoms. The molecule has 2 rings (SSSR count). The Hall–Kier alpha value is -0.980. The Balaban J connectivity index is 0.00000200. The summed E-state index contributed by atoms with van der Waals surface area (Å²) in [6.07, 6.45) is 1.52. The third-order valence-corrected chi connectivity index (χ3v) is 3.78. The number of carbonyl (C=O) groups is 1. The zero-order valence-corrected chi connectivity index (χ0v) is 13.8. The van der Waals surface area contributed by atoms with Crippen molar-refractivity contribution >= 4 is 34.2 Å². The first-order valence-corrected chi connectivity index (χ1v) is 6.77. The molecule has 7 heteroatoms. The molecule has 3 N–H and O–H groups in total. The topological polar surface area (TPSA) is 73.6 Å². The van der Waals surface area contributed by atoms with Crippen LogP contribution in [-0.4, -0.2) is 25.7 Å². The number of carbonyl (C=O) groups excluding carboxylic acids is 1. The van der Waals surface area contributed by atoms with E-state index in [0.717, 1.165) is 22.9 Å². The van der Waals surface area contributed by atoms with Gasteiger partial charge in [0.05, 0.1) is 24.2 Å². The van der Waals surface area contributed by atoms with Crippen LogP contribution in [0.25, 0.3) is 0 Å². The number of ether oxygens (including phenoxy) is 2. The Labute approximate surface area is 132 Å². The van der Waals surface area contributed by atoms with Crippen molar-refractivity contribution in [3.8, 4) is 11.5 Å². The maximum atomic E-state index is 11.8. The van der Waals surface area contributed by atoms with E-state index in [1.54, 1.807) is 14.2 Å². The van der Waals surface area contributed by atoms with Crippen molar-refractivity contribution < 1.29 is 14.3 Å². The Kier molecular flexibility index (Phi) is 5.68. The number of amides is 1. The quantitative estimate of drug-likeness (QED) is 0.837. The highest BCUT2D eigenvalue weighted by Gasteiger charge is 2.45. The molecule has 0 unspecified atom stereocenters. The van der Waals surface area contributed by atoms with Crippen LogP contribution >= 0.6 is 28.3 Å². The van der Waals surface area contributed by atoms with Gasteiger partial charge in [-0.3, -0.25) is 4.79 Å². The number of benzene rings is 1. The SMILES string of the molecule is COc1cc(CNC(=O)C2(N)CC2)cc(Br)c1OC.Cl. The minimum atomic E-state index is -0.645. The molecule has 1 aliphatic rings. The van der Waals surface area contributed by atoms with Crippen molar-refractivity contribution in [1.82, 2.24) is 5.32 Å². The number of methoxy groups -OCH3 is 2. The highest BCUT2D eigenvalue weighted by atomic mass is 79.9. The minimum Gasteiger partial charge on any atom is -0.493 e. The van der Waals surface area contributed by atoms with E-state index in [0.29, 0.717) is 18.0 Å². The smallest absolute Gasteiger partial charge is 0.240 e. The molecule has 1 amide bonds. The second-order valence-electron chi connectivity index (χ2n) is 4.65. The summed E-state index contributed by atoms with van der Waals surface area (Å²) in [5.41, 5.74) is 6.09. The van der Waals surface area contributed by atoms with Gasteiger partial charge in [0.1, 0.15) is 0 Å². The van der Waals surface area contributed by atoms with Gasteiger partial charge in [-0.25, -0.2) is 0 Å². The normalized spacial score (nSPS) is 15.0. The third kappa shape index (κ3) is 3.56. The van der Waals surface area contributed by atoms with Crippen LogP contribution in [0.2, 0.25) is 0 Å². The summed E-state index contributed by atoms with van der Waals surface area (Å²) in [6, 6.07) is 3.72. The summed E-state index contributed by atoms with van der Waals surface area (Å²) < 4.78 is 11.3. The maximum Gasteiger partial charge on any atom is 0.240 e. The summed E-state index contributed by atoms with van der Waals surface area (Å²) in [7, 11) is 3.15. The van der Waals surface area contributed by atoms with Crippen LogP contribution in [0.3, 0.4) is 0 Å². The Bertz CT molecular complexity index is 507. The van der Waals surface area contributed by atoms with E-state index in [1.807, 2.05) is 12.1 Å². The van der Waals surface area contributed by atoms with E-state index in [2.05, 4.69) is 21.2 Å². The molecule has 0 aromatic heterocycles. The second-order valence-corrected chi connectivity index (χ2v) is 5.51. The summed E-state index contributed by atoms with van der Waals surface area (Å²) in [5, 5.41) is 2.84. The van der Waals surface area contributed by atoms with Crippen LogP contribution in [0.15, 0.2) is 16.6 Å². The van der Waals surface area contributed by atoms with Crippen molar-refractivity contribution in [2.24, 2.45) is 5.73 Å². The van der Waals surface area contributed by atoms with Crippen LogP contribution in [0, 0.1) is 0 Å². The largest absolute Gasteiger partial charge is 0.493 e. The standard InChI is InChI=1S/C13H17BrN2O3.ClH/c1-18-10-6-8(5-9(14)11(10)19-2)7-16-12(17)13(15)3-4-13;/h5-6H,3-4,7,15H2,1-2H3,(H,16,17);1H. The lowest BCUT2D eigenvalue weighted by molar-refractivity contribution is -0.123. The van der Waals surface area contributed by atoms with Crippen LogP contribution in [0.4, 0.5) is 0 Å². The van der Waals surface area contributed by atoms with E-state index in [-0.39, 0.29) is 18.3 Å². The number of hydrogen-bond acceptors (Lipinski definition) is 4. The molecule has 1 fully saturated rings. The van der Waals surface area contributed by atoms with E-state index in [4.69, 9.17) is 15.2 Å². The molecule has 0 bridgehead atoms. The predicted octanol–water partition coefficient (Wildman–Crippen LogP) is 2.00. The summed E-state index contributed by atoms with van der Waals surface area (Å²) in [5.74, 6) is 1.16. The molecule has 112 valence electrons. The Morgan fingerprint density at radius 3 is 2.55 bits per heavy atom. The average Bonchev–Trinajstić information content (AvgIpc) is 3.14. The monoisotopic (exact) mass is 364 g/mol. The first kappa shape index (κ1) is 17.1. The van der Waals surface area contributed by atoms with Gasteiger partial charge < -0.3 is 20.5 Å². The number of hydrogen-bond donors (Lipinski definition) is 2. The second kappa shape index (κ2) is 6.65. The molecular formula is C13H18BrClN2O3. The zero-order chi connectivity index (χ0) is 14.0. The molecule has 1 aromatic carbocycles. The molecule has 0 radical (unpaired) electrons. The minimum absolute atomic E-state index is 0. The van der Waals surface area contributed by atoms with Gasteiger partial charge in [0.15, 0.2) is 11.5 Å². The molecule has 0 saturated heterocycles. The highest BCUT2D eigenvalue weighted by molar-refractivity contribution is 9.10. The van der Waals surface area contributed by atoms with Crippen LogP contribution in [0.1, 0.15) is 18.4 Å². The highest BCUT2D eigenvalue weighted by Crippen LogP contribution is 2.36. The van der Waals surface area contributed by atoms with Crippen molar-refractivity contribution in [2.75, 3.05) is 14.2 Å². The molecule has 1 aliphatic carbocycles. The summed E-state index contributed by atoms with van der Waals surface area (Å²) in [6.45, 7) is 0.413. The molecule has 1 saturated carbocycles. The first-order chi connectivity index (χ1) is 9.00. The van der Waals surface area contributed by atoms with Gasteiger partial charge in [-0.15, -0.1) is 12.4 Å². The molecule has 5 nitrogen and oxygen atoms in total.